The molecule has 1 aliphatic carbocycles. The van der Waals surface area contributed by atoms with Crippen LogP contribution in [0.15, 0.2) is 41.2 Å². The Kier molecular flexibility index (Phi) is 7.13. The van der Waals surface area contributed by atoms with Crippen LogP contribution in [0.3, 0.4) is 0 Å². The number of hydrogen-bond acceptors (Lipinski definition) is 7. The molecular formula is C26H35N5O3S. The molecule has 0 radical (unpaired) electrons. The van der Waals surface area contributed by atoms with Gasteiger partial charge < -0.3 is 19.4 Å². The summed E-state index contributed by atoms with van der Waals surface area (Å²) in [5, 5.41) is 1.05. The van der Waals surface area contributed by atoms with Gasteiger partial charge in [-0.25, -0.2) is 18.5 Å². The van der Waals surface area contributed by atoms with E-state index in [0.29, 0.717) is 43.2 Å². The Bertz CT molecular complexity index is 1270. The molecule has 3 heterocycles. The van der Waals surface area contributed by atoms with Crippen molar-refractivity contribution in [3.8, 4) is 11.5 Å². The molecular weight excluding hydrogens is 462 g/mol. The topological polar surface area (TPSA) is 92.7 Å². The van der Waals surface area contributed by atoms with Gasteiger partial charge in [0.1, 0.15) is 17.8 Å². The first-order valence-corrected chi connectivity index (χ1v) is 14.5. The third kappa shape index (κ3) is 5.39. The number of H-pyrrole nitrogens is 1. The third-order valence-electron chi connectivity index (χ3n) is 7.10. The number of hydrogen-bond donors (Lipinski definition) is 1. The highest BCUT2D eigenvalue weighted by Crippen LogP contribution is 2.34. The average Bonchev–Trinajstić information content (AvgIpc) is 3.22. The van der Waals surface area contributed by atoms with Crippen molar-refractivity contribution in [1.82, 2.24) is 15.0 Å². The van der Waals surface area contributed by atoms with Gasteiger partial charge in [0.05, 0.1) is 34.1 Å². The highest BCUT2D eigenvalue weighted by molar-refractivity contribution is 7.92. The van der Waals surface area contributed by atoms with E-state index in [0.717, 1.165) is 66.0 Å². The van der Waals surface area contributed by atoms with Crippen LogP contribution in [0.5, 0.6) is 11.5 Å². The first-order chi connectivity index (χ1) is 17.0. The molecule has 3 aromatic rings. The zero-order valence-electron chi connectivity index (χ0n) is 20.6. The van der Waals surface area contributed by atoms with Gasteiger partial charge in [0.25, 0.3) is 0 Å². The molecule has 1 aromatic carbocycles. The van der Waals surface area contributed by atoms with Gasteiger partial charge in [0, 0.05) is 38.0 Å². The maximum Gasteiger partial charge on any atom is 0.161 e. The fourth-order valence-electron chi connectivity index (χ4n) is 5.33. The Balaban J connectivity index is 1.24. The molecule has 8 nitrogen and oxygen atoms in total. The SMILES string of the molecule is CCN=S(=O)(Cc1ccc2c(c1)OCCCO2)CC1CCC(N(C)c2ncnc3[nH]ccc23)CC1. The van der Waals surface area contributed by atoms with Crippen molar-refractivity contribution in [3.05, 3.63) is 42.4 Å². The summed E-state index contributed by atoms with van der Waals surface area (Å²) >= 11 is 0. The van der Waals surface area contributed by atoms with E-state index in [1.165, 1.54) is 0 Å². The Hall–Kier alpha value is -2.81. The van der Waals surface area contributed by atoms with Gasteiger partial charge in [0.2, 0.25) is 0 Å². The molecule has 9 heteroatoms. The lowest BCUT2D eigenvalue weighted by Crippen LogP contribution is -2.37. The monoisotopic (exact) mass is 497 g/mol. The van der Waals surface area contributed by atoms with Crippen LogP contribution in [0.2, 0.25) is 0 Å². The van der Waals surface area contributed by atoms with Crippen LogP contribution in [-0.2, 0) is 15.5 Å². The maximum absolute atomic E-state index is 13.9. The second-order valence-corrected chi connectivity index (χ2v) is 12.0. The number of nitrogens with one attached hydrogen (secondary N) is 1. The molecule has 1 fully saturated rings. The number of fused-ring (bicyclic) bond motifs is 2. The van der Waals surface area contributed by atoms with Crippen LogP contribution in [-0.4, -0.2) is 57.8 Å². The van der Waals surface area contributed by atoms with Crippen LogP contribution < -0.4 is 14.4 Å². The second kappa shape index (κ2) is 10.4. The van der Waals surface area contributed by atoms with E-state index in [1.807, 2.05) is 37.4 Å². The predicted octanol–water partition coefficient (Wildman–Crippen LogP) is 4.80. The van der Waals surface area contributed by atoms with Crippen molar-refractivity contribution < 1.29 is 13.7 Å². The molecule has 0 bridgehead atoms. The van der Waals surface area contributed by atoms with Crippen molar-refractivity contribution in [2.75, 3.05) is 37.5 Å². The highest BCUT2D eigenvalue weighted by atomic mass is 32.2. The molecule has 0 saturated heterocycles. The van der Waals surface area contributed by atoms with E-state index in [9.17, 15) is 4.21 Å². The Labute approximate surface area is 207 Å². The molecule has 1 atom stereocenters. The van der Waals surface area contributed by atoms with Crippen molar-refractivity contribution in [3.63, 3.8) is 0 Å². The summed E-state index contributed by atoms with van der Waals surface area (Å²) in [5.41, 5.74) is 1.87. The molecule has 1 saturated carbocycles. The molecule has 0 amide bonds. The molecule has 35 heavy (non-hydrogen) atoms. The summed E-state index contributed by atoms with van der Waals surface area (Å²) in [4.78, 5) is 14.3. The first kappa shape index (κ1) is 23.9. The van der Waals surface area contributed by atoms with Crippen molar-refractivity contribution in [2.24, 2.45) is 10.3 Å². The Morgan fingerprint density at radius 1 is 1.11 bits per heavy atom. The van der Waals surface area contributed by atoms with Crippen molar-refractivity contribution in [2.45, 2.75) is 50.8 Å². The van der Waals surface area contributed by atoms with Gasteiger partial charge in [-0.2, -0.15) is 0 Å². The Morgan fingerprint density at radius 3 is 2.71 bits per heavy atom. The molecule has 0 spiro atoms. The highest BCUT2D eigenvalue weighted by Gasteiger charge is 2.28. The fourth-order valence-corrected chi connectivity index (χ4v) is 7.89. The summed E-state index contributed by atoms with van der Waals surface area (Å²) in [6.45, 7) is 3.86. The minimum atomic E-state index is -2.35. The van der Waals surface area contributed by atoms with E-state index in [4.69, 9.17) is 9.47 Å². The average molecular weight is 498 g/mol. The van der Waals surface area contributed by atoms with Crippen LogP contribution in [0.4, 0.5) is 5.82 Å². The van der Waals surface area contributed by atoms with E-state index in [1.54, 1.807) is 6.33 Å². The minimum absolute atomic E-state index is 0.417. The summed E-state index contributed by atoms with van der Waals surface area (Å²) in [7, 11) is -0.224. The van der Waals surface area contributed by atoms with E-state index in [2.05, 4.69) is 31.3 Å². The quantitative estimate of drug-likeness (QED) is 0.504. The first-order valence-electron chi connectivity index (χ1n) is 12.6. The molecule has 188 valence electrons. The fraction of sp³-hybridized carbons (Fsp3) is 0.538. The summed E-state index contributed by atoms with van der Waals surface area (Å²) in [5.74, 6) is 4.03. The van der Waals surface area contributed by atoms with Crippen LogP contribution in [0.1, 0.15) is 44.6 Å². The zero-order chi connectivity index (χ0) is 24.3. The number of benzene rings is 1. The maximum atomic E-state index is 13.9. The predicted molar refractivity (Wildman–Crippen MR) is 140 cm³/mol. The molecule has 1 N–H and O–H groups in total. The number of rotatable bonds is 7. The lowest BCUT2D eigenvalue weighted by atomic mass is 9.86. The summed E-state index contributed by atoms with van der Waals surface area (Å²) in [6.07, 6.45) is 8.62. The molecule has 1 unspecified atom stereocenters. The van der Waals surface area contributed by atoms with Gasteiger partial charge in [-0.05, 0) is 62.3 Å². The normalized spacial score (nSPS) is 21.8. The Morgan fingerprint density at radius 2 is 1.91 bits per heavy atom. The number of ether oxygens (including phenoxy) is 2. The standard InChI is InChI=1S/C26H35N5O3S/c1-3-30-35(32,17-20-7-10-23-24(15-20)34-14-4-13-33-23)16-19-5-8-21(9-6-19)31(2)26-22-11-12-27-25(22)28-18-29-26/h7,10-12,15,18-19,21H,3-6,8-9,13-14,16-17H2,1-2H3,(H,27,28,29). The van der Waals surface area contributed by atoms with Gasteiger partial charge >= 0.3 is 0 Å². The zero-order valence-corrected chi connectivity index (χ0v) is 21.4. The molecule has 1 aliphatic heterocycles. The summed E-state index contributed by atoms with van der Waals surface area (Å²) in [6, 6.07) is 8.39. The van der Waals surface area contributed by atoms with Crippen LogP contribution >= 0.6 is 0 Å². The lowest BCUT2D eigenvalue weighted by molar-refractivity contribution is 0.297. The van der Waals surface area contributed by atoms with Crippen LogP contribution in [0.25, 0.3) is 11.0 Å². The molecule has 2 aliphatic rings. The van der Waals surface area contributed by atoms with E-state index >= 15 is 0 Å². The lowest BCUT2D eigenvalue weighted by Gasteiger charge is -2.35. The van der Waals surface area contributed by atoms with E-state index < -0.39 is 9.73 Å². The third-order valence-corrected chi connectivity index (χ3v) is 9.60. The molecule has 2 aromatic heterocycles. The van der Waals surface area contributed by atoms with Gasteiger partial charge in [-0.1, -0.05) is 6.07 Å². The molecule has 5 rings (SSSR count). The minimum Gasteiger partial charge on any atom is -0.490 e. The smallest absolute Gasteiger partial charge is 0.161 e. The second-order valence-electron chi connectivity index (χ2n) is 9.58. The number of aromatic nitrogens is 3. The van der Waals surface area contributed by atoms with Gasteiger partial charge in [0.15, 0.2) is 11.5 Å². The largest absolute Gasteiger partial charge is 0.490 e. The van der Waals surface area contributed by atoms with Crippen molar-refractivity contribution in [1.29, 1.82) is 0 Å². The van der Waals surface area contributed by atoms with E-state index in [-0.39, 0.29) is 0 Å². The van der Waals surface area contributed by atoms with Crippen LogP contribution in [0, 0.1) is 5.92 Å². The van der Waals surface area contributed by atoms with Crippen molar-refractivity contribution >= 4 is 26.6 Å². The number of aromatic amines is 1. The number of nitrogens with zero attached hydrogens (tertiary/aromatic N) is 4. The van der Waals surface area contributed by atoms with Gasteiger partial charge in [-0.3, -0.25) is 0 Å². The summed E-state index contributed by atoms with van der Waals surface area (Å²) < 4.78 is 30.2. The van der Waals surface area contributed by atoms with Gasteiger partial charge in [-0.15, -0.1) is 0 Å². The number of anilines is 1.